The Morgan fingerprint density at radius 2 is 2.12 bits per heavy atom. The summed E-state index contributed by atoms with van der Waals surface area (Å²) < 4.78 is 5.12. The molecule has 0 N–H and O–H groups in total. The highest BCUT2D eigenvalue weighted by Gasteiger charge is 2.44. The summed E-state index contributed by atoms with van der Waals surface area (Å²) in [5.74, 6) is -0.946. The molecule has 2 aliphatic heterocycles. The number of likely N-dealkylation sites (tertiary alicyclic amines) is 1. The van der Waals surface area contributed by atoms with E-state index in [4.69, 9.17) is 16.3 Å². The Balaban J connectivity index is 1.78. The van der Waals surface area contributed by atoms with Crippen LogP contribution >= 0.6 is 11.6 Å². The van der Waals surface area contributed by atoms with Crippen molar-refractivity contribution >= 4 is 35.1 Å². The summed E-state index contributed by atoms with van der Waals surface area (Å²) in [4.78, 5) is 40.8. The third-order valence-corrected chi connectivity index (χ3v) is 5.28. The van der Waals surface area contributed by atoms with Crippen LogP contribution in [0.25, 0.3) is 0 Å². The summed E-state index contributed by atoms with van der Waals surface area (Å²) in [6.07, 6.45) is 1.68. The Labute approximate surface area is 158 Å². The maximum absolute atomic E-state index is 13.0. The van der Waals surface area contributed by atoms with Gasteiger partial charge < -0.3 is 4.74 Å². The molecule has 2 saturated heterocycles. The second-order valence-corrected chi connectivity index (χ2v) is 7.24. The zero-order chi connectivity index (χ0) is 18.8. The van der Waals surface area contributed by atoms with Gasteiger partial charge in [-0.05, 0) is 50.9 Å². The number of rotatable bonds is 4. The van der Waals surface area contributed by atoms with E-state index in [1.54, 1.807) is 25.1 Å². The average molecular weight is 379 g/mol. The molecule has 2 atom stereocenters. The Morgan fingerprint density at radius 3 is 2.85 bits per heavy atom. The minimum atomic E-state index is -0.530. The standard InChI is InChI=1S/C19H23ClN2O4/c1-3-26-19(25)13-5-4-8-21(11-13)16-10-17(23)22(18(16)24)15-9-14(20)7-6-12(15)2/h6-7,9,13,16H,3-5,8,10-11H2,1-2H3. The summed E-state index contributed by atoms with van der Waals surface area (Å²) in [5.41, 5.74) is 1.36. The number of anilines is 1. The first kappa shape index (κ1) is 18.9. The number of halogens is 1. The van der Waals surface area contributed by atoms with E-state index < -0.39 is 6.04 Å². The lowest BCUT2D eigenvalue weighted by Gasteiger charge is -2.34. The molecule has 0 radical (unpaired) electrons. The molecular weight excluding hydrogens is 356 g/mol. The van der Waals surface area contributed by atoms with E-state index in [2.05, 4.69) is 0 Å². The van der Waals surface area contributed by atoms with Crippen LogP contribution in [0.2, 0.25) is 5.02 Å². The predicted octanol–water partition coefficient (Wildman–Crippen LogP) is 2.56. The van der Waals surface area contributed by atoms with E-state index in [9.17, 15) is 14.4 Å². The topological polar surface area (TPSA) is 66.9 Å². The Kier molecular flexibility index (Phi) is 5.63. The van der Waals surface area contributed by atoms with Crippen LogP contribution in [0.4, 0.5) is 5.69 Å². The second kappa shape index (κ2) is 7.76. The number of imide groups is 1. The maximum Gasteiger partial charge on any atom is 0.310 e. The van der Waals surface area contributed by atoms with E-state index in [0.717, 1.165) is 18.4 Å². The zero-order valence-corrected chi connectivity index (χ0v) is 15.8. The third-order valence-electron chi connectivity index (χ3n) is 5.05. The molecule has 0 bridgehead atoms. The molecule has 3 rings (SSSR count). The third kappa shape index (κ3) is 3.62. The lowest BCUT2D eigenvalue weighted by molar-refractivity contribution is -0.150. The Bertz CT molecular complexity index is 736. The molecule has 1 aromatic carbocycles. The molecule has 0 aliphatic carbocycles. The van der Waals surface area contributed by atoms with Gasteiger partial charge in [0.05, 0.1) is 30.7 Å². The van der Waals surface area contributed by atoms with Gasteiger partial charge in [0.2, 0.25) is 5.91 Å². The van der Waals surface area contributed by atoms with Crippen LogP contribution in [-0.2, 0) is 19.1 Å². The van der Waals surface area contributed by atoms with Crippen LogP contribution in [-0.4, -0.2) is 48.4 Å². The molecule has 2 heterocycles. The van der Waals surface area contributed by atoms with Crippen LogP contribution in [0, 0.1) is 12.8 Å². The van der Waals surface area contributed by atoms with Crippen LogP contribution in [0.3, 0.4) is 0 Å². The maximum atomic E-state index is 13.0. The van der Waals surface area contributed by atoms with Crippen molar-refractivity contribution < 1.29 is 19.1 Å². The molecule has 2 unspecified atom stereocenters. The van der Waals surface area contributed by atoms with Gasteiger partial charge in [-0.1, -0.05) is 17.7 Å². The number of amides is 2. The fourth-order valence-corrected chi connectivity index (χ4v) is 3.89. The highest BCUT2D eigenvalue weighted by Crippen LogP contribution is 2.32. The molecule has 1 aromatic rings. The number of hydrogen-bond donors (Lipinski definition) is 0. The van der Waals surface area contributed by atoms with Gasteiger partial charge >= 0.3 is 5.97 Å². The average Bonchev–Trinajstić information content (AvgIpc) is 2.92. The van der Waals surface area contributed by atoms with E-state index in [1.807, 2.05) is 11.8 Å². The monoisotopic (exact) mass is 378 g/mol. The van der Waals surface area contributed by atoms with E-state index in [1.165, 1.54) is 4.90 Å². The predicted molar refractivity (Wildman–Crippen MR) is 98.0 cm³/mol. The normalized spacial score (nSPS) is 24.2. The molecule has 2 aliphatic rings. The number of piperidine rings is 1. The molecule has 0 spiro atoms. The van der Waals surface area contributed by atoms with Crippen molar-refractivity contribution in [3.63, 3.8) is 0 Å². The van der Waals surface area contributed by atoms with Crippen molar-refractivity contribution in [2.24, 2.45) is 5.92 Å². The SMILES string of the molecule is CCOC(=O)C1CCCN(C2CC(=O)N(c3cc(Cl)ccc3C)C2=O)C1. The number of aryl methyl sites for hydroxylation is 1. The second-order valence-electron chi connectivity index (χ2n) is 6.80. The fraction of sp³-hybridized carbons (Fsp3) is 0.526. The molecule has 7 heteroatoms. The van der Waals surface area contributed by atoms with Crippen molar-refractivity contribution in [3.8, 4) is 0 Å². The van der Waals surface area contributed by atoms with Crippen LogP contribution < -0.4 is 4.90 Å². The first-order valence-corrected chi connectivity index (χ1v) is 9.33. The number of ether oxygens (including phenoxy) is 1. The highest BCUT2D eigenvalue weighted by atomic mass is 35.5. The van der Waals surface area contributed by atoms with Crippen molar-refractivity contribution in [2.45, 2.75) is 39.2 Å². The molecule has 2 amide bonds. The number of carbonyl (C=O) groups is 3. The van der Waals surface area contributed by atoms with Gasteiger partial charge in [0.15, 0.2) is 0 Å². The van der Waals surface area contributed by atoms with Crippen LogP contribution in [0.15, 0.2) is 18.2 Å². The lowest BCUT2D eigenvalue weighted by Crippen LogP contribution is -2.48. The zero-order valence-electron chi connectivity index (χ0n) is 15.0. The van der Waals surface area contributed by atoms with Crippen molar-refractivity contribution in [2.75, 3.05) is 24.6 Å². The number of benzene rings is 1. The molecule has 26 heavy (non-hydrogen) atoms. The first-order chi connectivity index (χ1) is 12.4. The molecule has 6 nitrogen and oxygen atoms in total. The summed E-state index contributed by atoms with van der Waals surface area (Å²) in [6, 6.07) is 4.64. The summed E-state index contributed by atoms with van der Waals surface area (Å²) in [5, 5.41) is 0.481. The molecule has 2 fully saturated rings. The number of hydrogen-bond acceptors (Lipinski definition) is 5. The summed E-state index contributed by atoms with van der Waals surface area (Å²) in [7, 11) is 0. The van der Waals surface area contributed by atoms with Crippen molar-refractivity contribution in [3.05, 3.63) is 28.8 Å². The molecule has 140 valence electrons. The van der Waals surface area contributed by atoms with Gasteiger partial charge in [-0.15, -0.1) is 0 Å². The van der Waals surface area contributed by atoms with E-state index >= 15 is 0 Å². The quantitative estimate of drug-likeness (QED) is 0.595. The largest absolute Gasteiger partial charge is 0.466 e. The minimum absolute atomic E-state index is 0.125. The van der Waals surface area contributed by atoms with Crippen LogP contribution in [0.5, 0.6) is 0 Å². The lowest BCUT2D eigenvalue weighted by atomic mass is 9.96. The highest BCUT2D eigenvalue weighted by molar-refractivity contribution is 6.31. The van der Waals surface area contributed by atoms with Gasteiger partial charge in [0.1, 0.15) is 0 Å². The van der Waals surface area contributed by atoms with Gasteiger partial charge in [-0.2, -0.15) is 0 Å². The van der Waals surface area contributed by atoms with Gasteiger partial charge in [0, 0.05) is 11.6 Å². The summed E-state index contributed by atoms with van der Waals surface area (Å²) >= 11 is 6.05. The number of nitrogens with zero attached hydrogens (tertiary/aromatic N) is 2. The van der Waals surface area contributed by atoms with Crippen molar-refractivity contribution in [1.82, 2.24) is 4.90 Å². The molecule has 0 saturated carbocycles. The van der Waals surface area contributed by atoms with Gasteiger partial charge in [-0.25, -0.2) is 4.90 Å². The van der Waals surface area contributed by atoms with Gasteiger partial charge in [-0.3, -0.25) is 19.3 Å². The van der Waals surface area contributed by atoms with E-state index in [-0.39, 0.29) is 30.1 Å². The van der Waals surface area contributed by atoms with E-state index in [0.29, 0.717) is 30.4 Å². The Morgan fingerprint density at radius 1 is 1.35 bits per heavy atom. The number of carbonyl (C=O) groups excluding carboxylic acids is 3. The van der Waals surface area contributed by atoms with Crippen LogP contribution in [0.1, 0.15) is 31.7 Å². The smallest absolute Gasteiger partial charge is 0.310 e. The first-order valence-electron chi connectivity index (χ1n) is 8.96. The van der Waals surface area contributed by atoms with Crippen molar-refractivity contribution in [1.29, 1.82) is 0 Å². The number of esters is 1. The fourth-order valence-electron chi connectivity index (χ4n) is 3.72. The molecular formula is C19H23ClN2O4. The van der Waals surface area contributed by atoms with Gasteiger partial charge in [0.25, 0.3) is 5.91 Å². The Hall–Kier alpha value is -1.92. The summed E-state index contributed by atoms with van der Waals surface area (Å²) in [6.45, 7) is 5.12. The molecule has 0 aromatic heterocycles. The minimum Gasteiger partial charge on any atom is -0.466 e.